The fourth-order valence-electron chi connectivity index (χ4n) is 4.74. The Bertz CT molecular complexity index is 1490. The molecule has 1 atom stereocenters. The van der Waals surface area contributed by atoms with Gasteiger partial charge in [0.25, 0.3) is 0 Å². The fourth-order valence-corrected chi connectivity index (χ4v) is 5.47. The third-order valence-corrected chi connectivity index (χ3v) is 8.69. The quantitative estimate of drug-likeness (QED) is 0.388. The number of benzene rings is 3. The highest BCUT2D eigenvalue weighted by Crippen LogP contribution is 2.46. The van der Waals surface area contributed by atoms with Crippen LogP contribution in [0.5, 0.6) is 5.75 Å². The van der Waals surface area contributed by atoms with Crippen LogP contribution in [-0.4, -0.2) is 35.2 Å². The Balaban J connectivity index is 1.61. The van der Waals surface area contributed by atoms with Crippen molar-refractivity contribution < 1.29 is 31.1 Å². The topological polar surface area (TPSA) is 87.7 Å². The van der Waals surface area contributed by atoms with E-state index in [4.69, 9.17) is 4.74 Å². The molecule has 0 aromatic heterocycles. The Morgan fingerprint density at radius 3 is 2.36 bits per heavy atom. The van der Waals surface area contributed by atoms with E-state index in [1.165, 1.54) is 38.4 Å². The predicted octanol–water partition coefficient (Wildman–Crippen LogP) is 5.69. The van der Waals surface area contributed by atoms with Crippen LogP contribution in [-0.2, 0) is 28.2 Å². The van der Waals surface area contributed by atoms with Crippen molar-refractivity contribution in [2.75, 3.05) is 25.6 Å². The van der Waals surface area contributed by atoms with Crippen molar-refractivity contribution in [3.8, 4) is 16.9 Å². The third-order valence-electron chi connectivity index (χ3n) is 7.26. The lowest BCUT2D eigenvalue weighted by atomic mass is 9.81. The van der Waals surface area contributed by atoms with Gasteiger partial charge < -0.3 is 10.1 Å². The molecular formula is C28H30F3N3O4S. The summed E-state index contributed by atoms with van der Waals surface area (Å²) in [5, 5.41) is 2.86. The van der Waals surface area contributed by atoms with Gasteiger partial charge in [0, 0.05) is 24.2 Å². The first-order chi connectivity index (χ1) is 18.3. The van der Waals surface area contributed by atoms with Gasteiger partial charge in [0.05, 0.1) is 17.6 Å². The molecule has 0 aliphatic carbocycles. The molecule has 0 fully saturated rings. The number of carbonyl (C=O) groups excluding carboxylic acids is 1. The summed E-state index contributed by atoms with van der Waals surface area (Å²) in [6, 6.07) is 14.7. The molecule has 0 radical (unpaired) electrons. The van der Waals surface area contributed by atoms with E-state index in [1.54, 1.807) is 35.2 Å². The molecule has 1 aliphatic heterocycles. The molecule has 1 unspecified atom stereocenters. The first-order valence-corrected chi connectivity index (χ1v) is 13.8. The standard InChI is InChI=1S/C28H30F3N3O4S/c1-5-27(2)17-34(26(35)33-16-18-6-10-21(11-7-18)39(36,37)32-3)25-13-8-19(14-24(25)27)22-12-9-20(38-4)15-23(22)28(29,30)31/h6-15,32H,5,16-17H2,1-4H3,(H,33,35). The van der Waals surface area contributed by atoms with Crippen LogP contribution >= 0.6 is 0 Å². The summed E-state index contributed by atoms with van der Waals surface area (Å²) in [6.45, 7) is 4.50. The van der Waals surface area contributed by atoms with Crippen molar-refractivity contribution in [3.05, 3.63) is 77.4 Å². The minimum Gasteiger partial charge on any atom is -0.497 e. The maximum Gasteiger partial charge on any atom is 0.417 e. The second kappa shape index (κ2) is 10.5. The number of anilines is 1. The molecule has 0 spiro atoms. The van der Waals surface area contributed by atoms with Gasteiger partial charge >= 0.3 is 12.2 Å². The van der Waals surface area contributed by atoms with Gasteiger partial charge in [-0.2, -0.15) is 13.2 Å². The Kier molecular flexibility index (Phi) is 7.68. The van der Waals surface area contributed by atoms with Crippen LogP contribution in [0.4, 0.5) is 23.7 Å². The summed E-state index contributed by atoms with van der Waals surface area (Å²) >= 11 is 0. The summed E-state index contributed by atoms with van der Waals surface area (Å²) in [5.74, 6) is 0.117. The number of rotatable bonds is 7. The highest BCUT2D eigenvalue weighted by molar-refractivity contribution is 7.89. The summed E-state index contributed by atoms with van der Waals surface area (Å²) in [4.78, 5) is 14.9. The first-order valence-electron chi connectivity index (χ1n) is 12.3. The van der Waals surface area contributed by atoms with Crippen molar-refractivity contribution in [1.29, 1.82) is 0 Å². The van der Waals surface area contributed by atoms with Gasteiger partial charge in [-0.25, -0.2) is 17.9 Å². The van der Waals surface area contributed by atoms with Gasteiger partial charge in [0.1, 0.15) is 5.75 Å². The number of fused-ring (bicyclic) bond motifs is 1. The molecular weight excluding hydrogens is 531 g/mol. The van der Waals surface area contributed by atoms with E-state index in [1.807, 2.05) is 13.8 Å². The number of carbonyl (C=O) groups is 1. The van der Waals surface area contributed by atoms with Crippen LogP contribution in [0.2, 0.25) is 0 Å². The first kappa shape index (κ1) is 28.4. The molecule has 11 heteroatoms. The Morgan fingerprint density at radius 1 is 1.08 bits per heavy atom. The molecule has 7 nitrogen and oxygen atoms in total. The number of alkyl halides is 3. The van der Waals surface area contributed by atoms with Crippen molar-refractivity contribution in [3.63, 3.8) is 0 Å². The van der Waals surface area contributed by atoms with Gasteiger partial charge in [-0.05, 0) is 72.1 Å². The van der Waals surface area contributed by atoms with E-state index in [0.29, 0.717) is 29.8 Å². The lowest BCUT2D eigenvalue weighted by Crippen LogP contribution is -2.41. The maximum absolute atomic E-state index is 13.9. The molecule has 2 amide bonds. The number of sulfonamides is 1. The minimum atomic E-state index is -4.57. The lowest BCUT2D eigenvalue weighted by Gasteiger charge is -2.24. The van der Waals surface area contributed by atoms with Crippen LogP contribution < -0.4 is 19.7 Å². The van der Waals surface area contributed by atoms with Crippen LogP contribution in [0.25, 0.3) is 11.1 Å². The van der Waals surface area contributed by atoms with Crippen molar-refractivity contribution >= 4 is 21.7 Å². The SMILES string of the molecule is CCC1(C)CN(C(=O)NCc2ccc(S(=O)(=O)NC)cc2)c2ccc(-c3ccc(OC)cc3C(F)(F)F)cc21. The predicted molar refractivity (Wildman–Crippen MR) is 143 cm³/mol. The molecule has 0 saturated carbocycles. The highest BCUT2D eigenvalue weighted by Gasteiger charge is 2.41. The van der Waals surface area contributed by atoms with Crippen LogP contribution in [0.15, 0.2) is 65.6 Å². The lowest BCUT2D eigenvalue weighted by molar-refractivity contribution is -0.137. The fraction of sp³-hybridized carbons (Fsp3) is 0.321. The number of nitrogens with one attached hydrogen (secondary N) is 2. The molecule has 3 aromatic carbocycles. The molecule has 0 saturated heterocycles. The number of amides is 2. The van der Waals surface area contributed by atoms with E-state index in [2.05, 4.69) is 10.0 Å². The minimum absolute atomic E-state index is 0.0381. The number of hydrogen-bond donors (Lipinski definition) is 2. The summed E-state index contributed by atoms with van der Waals surface area (Å²) in [5.41, 5.74) is 1.34. The number of urea groups is 1. The number of nitrogens with zero attached hydrogens (tertiary/aromatic N) is 1. The average molecular weight is 562 g/mol. The number of halogens is 3. The molecule has 208 valence electrons. The van der Waals surface area contributed by atoms with Gasteiger partial charge in [0.2, 0.25) is 10.0 Å². The average Bonchev–Trinajstić information content (AvgIpc) is 3.23. The molecule has 3 aromatic rings. The van der Waals surface area contributed by atoms with Crippen LogP contribution in [0, 0.1) is 0 Å². The van der Waals surface area contributed by atoms with Gasteiger partial charge in [0.15, 0.2) is 0 Å². The van der Waals surface area contributed by atoms with Gasteiger partial charge in [-0.1, -0.05) is 38.1 Å². The van der Waals surface area contributed by atoms with Crippen LogP contribution in [0.1, 0.15) is 37.0 Å². The third kappa shape index (κ3) is 5.60. The summed E-state index contributed by atoms with van der Waals surface area (Å²) in [6.07, 6.45) is -3.90. The van der Waals surface area contributed by atoms with E-state index in [-0.39, 0.29) is 28.8 Å². The molecule has 2 N–H and O–H groups in total. The summed E-state index contributed by atoms with van der Waals surface area (Å²) < 4.78 is 72.8. The van der Waals surface area contributed by atoms with E-state index < -0.39 is 27.2 Å². The Labute approximate surface area is 226 Å². The summed E-state index contributed by atoms with van der Waals surface area (Å²) in [7, 11) is -0.911. The second-order valence-electron chi connectivity index (χ2n) is 9.65. The van der Waals surface area contributed by atoms with Crippen LogP contribution in [0.3, 0.4) is 0 Å². The van der Waals surface area contributed by atoms with Crippen molar-refractivity contribution in [2.45, 2.75) is 43.3 Å². The van der Waals surface area contributed by atoms with Gasteiger partial charge in [-0.3, -0.25) is 4.90 Å². The van der Waals surface area contributed by atoms with E-state index in [0.717, 1.165) is 11.6 Å². The Morgan fingerprint density at radius 2 is 1.77 bits per heavy atom. The molecule has 4 rings (SSSR count). The smallest absolute Gasteiger partial charge is 0.417 e. The van der Waals surface area contributed by atoms with Crippen molar-refractivity contribution in [2.24, 2.45) is 0 Å². The zero-order valence-electron chi connectivity index (χ0n) is 22.0. The second-order valence-corrected chi connectivity index (χ2v) is 11.5. The van der Waals surface area contributed by atoms with Crippen molar-refractivity contribution in [1.82, 2.24) is 10.0 Å². The monoisotopic (exact) mass is 561 g/mol. The largest absolute Gasteiger partial charge is 0.497 e. The number of methoxy groups -OCH3 is 1. The van der Waals surface area contributed by atoms with E-state index >= 15 is 0 Å². The number of ether oxygens (including phenoxy) is 1. The number of hydrogen-bond acceptors (Lipinski definition) is 4. The molecule has 0 bridgehead atoms. The van der Waals surface area contributed by atoms with E-state index in [9.17, 15) is 26.4 Å². The zero-order valence-corrected chi connectivity index (χ0v) is 22.8. The zero-order chi connectivity index (χ0) is 28.6. The van der Waals surface area contributed by atoms with Gasteiger partial charge in [-0.15, -0.1) is 0 Å². The maximum atomic E-state index is 13.9. The highest BCUT2D eigenvalue weighted by atomic mass is 32.2. The normalized spacial score (nSPS) is 17.2. The molecule has 1 aliphatic rings. The molecule has 1 heterocycles. The molecule has 39 heavy (non-hydrogen) atoms. The Hall–Kier alpha value is -3.57.